The molecule has 6 aromatic carbocycles. The SMILES string of the molecule is [2H]c1c([2H])c([2H])c(-c2nc(-c3c([2H])c([2H])c([2H])c([2H])c3[2H])nc(-c3c([2H])c([2H])c4c(oc5c([2H])c(-c6c([2H])c([2H])c7c(sc8c([2H])c(N)c([2H])c([2H])c87)c6[2H])c([2H])c([2H])c54)c3[2H])n2)c([2H])c1[2H]. The van der Waals surface area contributed by atoms with Gasteiger partial charge in [-0.25, -0.2) is 15.0 Å². The van der Waals surface area contributed by atoms with Gasteiger partial charge in [-0.1, -0.05) is 90.6 Å². The number of hydrogen-bond donors (Lipinski definition) is 1. The second-order valence-corrected chi connectivity index (χ2v) is 10.4. The van der Waals surface area contributed by atoms with E-state index in [4.69, 9.17) is 36.2 Å². The molecular weight excluding hydrogens is 573 g/mol. The zero-order valence-corrected chi connectivity index (χ0v) is 23.1. The van der Waals surface area contributed by atoms with Crippen LogP contribution in [0.4, 0.5) is 5.69 Å². The van der Waals surface area contributed by atoms with E-state index in [0.29, 0.717) is 0 Å². The minimum Gasteiger partial charge on any atom is -0.456 e. The summed E-state index contributed by atoms with van der Waals surface area (Å²) in [4.78, 5) is 12.7. The Hall–Kier alpha value is -5.85. The van der Waals surface area contributed by atoms with Crippen molar-refractivity contribution >= 4 is 59.1 Å². The first kappa shape index (κ1) is 11.9. The van der Waals surface area contributed by atoms with Crippen molar-refractivity contribution in [1.82, 2.24) is 15.0 Å². The second-order valence-electron chi connectivity index (χ2n) is 9.37. The standard InChI is InChI=1S/C39H24N4OS/c40-28-14-18-32-31-17-12-26(21-35(31)45-36(32)22-28)25-11-15-29-30-16-13-27(20-34(30)44-33(29)19-25)39-42-37(23-7-3-1-4-8-23)41-38(43-39)24-9-5-2-6-10-24/h1-22H,40H2/i1D,2D,3D,4D,5D,6D,7D,8D,9D,10D,11D,12D,13D,14D,15D,16D,17D,18D,19D,20D,21D,22D. The van der Waals surface area contributed by atoms with Crippen LogP contribution in [0.25, 0.3) is 87.4 Å². The molecule has 0 fully saturated rings. The van der Waals surface area contributed by atoms with Gasteiger partial charge in [0.1, 0.15) is 11.2 Å². The second kappa shape index (κ2) is 10.1. The first-order chi connectivity index (χ1) is 31.4. The van der Waals surface area contributed by atoms with E-state index in [-0.39, 0.29) is 31.9 Å². The van der Waals surface area contributed by atoms with E-state index >= 15 is 0 Å². The Bertz CT molecular complexity index is 3670. The van der Waals surface area contributed by atoms with Gasteiger partial charge in [0.25, 0.3) is 0 Å². The summed E-state index contributed by atoms with van der Waals surface area (Å²) in [6, 6.07) is -15.8. The van der Waals surface area contributed by atoms with Gasteiger partial charge < -0.3 is 10.2 Å². The summed E-state index contributed by atoms with van der Waals surface area (Å²) in [7, 11) is 0. The van der Waals surface area contributed by atoms with Crippen LogP contribution in [0, 0.1) is 0 Å². The quantitative estimate of drug-likeness (QED) is 0.199. The summed E-state index contributed by atoms with van der Waals surface area (Å²) < 4.78 is 197. The van der Waals surface area contributed by atoms with E-state index in [1.54, 1.807) is 0 Å². The zero-order chi connectivity index (χ0) is 49.1. The molecule has 0 saturated heterocycles. The smallest absolute Gasteiger partial charge is 0.164 e. The van der Waals surface area contributed by atoms with Crippen LogP contribution in [0.3, 0.4) is 0 Å². The number of anilines is 1. The van der Waals surface area contributed by atoms with E-state index in [9.17, 15) is 4.11 Å². The maximum Gasteiger partial charge on any atom is 0.164 e. The van der Waals surface area contributed by atoms with Gasteiger partial charge in [-0.2, -0.15) is 0 Å². The van der Waals surface area contributed by atoms with Crippen molar-refractivity contribution in [2.75, 3.05) is 5.73 Å². The van der Waals surface area contributed by atoms with Crippen LogP contribution in [0.5, 0.6) is 0 Å². The highest BCUT2D eigenvalue weighted by molar-refractivity contribution is 7.25. The van der Waals surface area contributed by atoms with Crippen molar-refractivity contribution in [2.45, 2.75) is 0 Å². The summed E-state index contributed by atoms with van der Waals surface area (Å²) in [6.07, 6.45) is 0. The Morgan fingerprint density at radius 2 is 0.933 bits per heavy atom. The highest BCUT2D eigenvalue weighted by atomic mass is 32.1. The van der Waals surface area contributed by atoms with Gasteiger partial charge in [0.05, 0.1) is 30.2 Å². The Balaban J connectivity index is 1.35. The summed E-state index contributed by atoms with van der Waals surface area (Å²) in [6.45, 7) is 0. The third-order valence-corrected chi connectivity index (χ3v) is 7.62. The average molecular weight is 619 g/mol. The van der Waals surface area contributed by atoms with Crippen LogP contribution in [-0.2, 0) is 0 Å². The molecule has 3 aromatic heterocycles. The number of benzene rings is 6. The molecule has 0 atom stereocenters. The van der Waals surface area contributed by atoms with Gasteiger partial charge in [0.15, 0.2) is 17.5 Å². The number of rotatable bonds is 4. The number of fused-ring (bicyclic) bond motifs is 6. The number of nitrogens with two attached hydrogens (primary N) is 1. The van der Waals surface area contributed by atoms with Crippen molar-refractivity contribution in [1.29, 1.82) is 0 Å². The zero-order valence-electron chi connectivity index (χ0n) is 44.2. The number of aromatic nitrogens is 3. The molecule has 0 aliphatic rings. The fourth-order valence-corrected chi connectivity index (χ4v) is 5.61. The molecule has 45 heavy (non-hydrogen) atoms. The topological polar surface area (TPSA) is 77.8 Å². The van der Waals surface area contributed by atoms with Gasteiger partial charge in [0, 0.05) is 53.3 Å². The maximum absolute atomic E-state index is 9.35. The molecule has 3 heterocycles. The fourth-order valence-electron chi connectivity index (χ4n) is 4.58. The third kappa shape index (κ3) is 4.42. The molecule has 6 heteroatoms. The normalized spacial score (nSPS) is 18.5. The molecule has 0 bridgehead atoms. The lowest BCUT2D eigenvalue weighted by atomic mass is 10.0. The molecule has 0 aliphatic heterocycles. The minimum atomic E-state index is -0.845. The van der Waals surface area contributed by atoms with Crippen molar-refractivity contribution in [2.24, 2.45) is 0 Å². The molecule has 5 nitrogen and oxygen atoms in total. The fraction of sp³-hybridized carbons (Fsp3) is 0. The van der Waals surface area contributed by atoms with Crippen LogP contribution >= 0.6 is 11.3 Å². The van der Waals surface area contributed by atoms with E-state index < -0.39 is 194 Å². The summed E-state index contributed by atoms with van der Waals surface area (Å²) in [5.74, 6) is -2.16. The Kier molecular flexibility index (Phi) is 2.68. The van der Waals surface area contributed by atoms with Crippen LogP contribution < -0.4 is 5.73 Å². The van der Waals surface area contributed by atoms with Gasteiger partial charge in [-0.3, -0.25) is 0 Å². The number of nitrogens with zero attached hydrogens (tertiary/aromatic N) is 3. The van der Waals surface area contributed by atoms with Gasteiger partial charge in [0.2, 0.25) is 0 Å². The largest absolute Gasteiger partial charge is 0.456 e. The van der Waals surface area contributed by atoms with Crippen molar-refractivity contribution in [3.63, 3.8) is 0 Å². The molecule has 0 unspecified atom stereocenters. The molecular formula is C39H24N4OS. The number of nitrogen functional groups attached to an aromatic ring is 1. The van der Waals surface area contributed by atoms with E-state index in [1.165, 1.54) is 0 Å². The number of furan rings is 1. The van der Waals surface area contributed by atoms with Crippen molar-refractivity contribution in [3.8, 4) is 45.3 Å². The van der Waals surface area contributed by atoms with E-state index in [1.807, 2.05) is 0 Å². The summed E-state index contributed by atoms with van der Waals surface area (Å²) >= 11 is 0.781. The highest BCUT2D eigenvalue weighted by Gasteiger charge is 2.15. The Morgan fingerprint density at radius 3 is 1.56 bits per heavy atom. The van der Waals surface area contributed by atoms with Crippen LogP contribution in [0.15, 0.2) is 137 Å². The molecule has 0 saturated carbocycles. The van der Waals surface area contributed by atoms with Gasteiger partial charge >= 0.3 is 0 Å². The van der Waals surface area contributed by atoms with E-state index in [0.717, 1.165) is 11.3 Å². The average Bonchev–Trinajstić information content (AvgIpc) is 3.91. The minimum absolute atomic E-state index is 0.0401. The van der Waals surface area contributed by atoms with Crippen LogP contribution in [-0.4, -0.2) is 15.0 Å². The predicted molar refractivity (Wildman–Crippen MR) is 186 cm³/mol. The Morgan fingerprint density at radius 1 is 0.467 bits per heavy atom. The third-order valence-electron chi connectivity index (χ3n) is 6.60. The Labute approximate surface area is 293 Å². The van der Waals surface area contributed by atoms with Crippen LogP contribution in [0.1, 0.15) is 30.2 Å². The van der Waals surface area contributed by atoms with Crippen molar-refractivity contribution < 1.29 is 34.6 Å². The van der Waals surface area contributed by atoms with Crippen LogP contribution in [0.2, 0.25) is 0 Å². The molecule has 0 aliphatic carbocycles. The number of thiophene rings is 1. The summed E-state index contributed by atoms with van der Waals surface area (Å²) in [5.41, 5.74) is 1.54. The molecule has 2 N–H and O–H groups in total. The monoisotopic (exact) mass is 618 g/mol. The van der Waals surface area contributed by atoms with Gasteiger partial charge in [-0.15, -0.1) is 11.3 Å². The predicted octanol–water partition coefficient (Wildman–Crippen LogP) is 10.4. The van der Waals surface area contributed by atoms with Gasteiger partial charge in [-0.05, 0) is 53.4 Å². The lowest BCUT2D eigenvalue weighted by Crippen LogP contribution is -2.00. The number of hydrogen-bond acceptors (Lipinski definition) is 6. The molecule has 0 amide bonds. The molecule has 0 spiro atoms. The molecule has 0 radical (unpaired) electrons. The first-order valence-electron chi connectivity index (χ1n) is 23.9. The highest BCUT2D eigenvalue weighted by Crippen LogP contribution is 2.39. The molecule has 212 valence electrons. The lowest BCUT2D eigenvalue weighted by Gasteiger charge is -2.08. The molecule has 9 aromatic rings. The molecule has 9 rings (SSSR count). The maximum atomic E-state index is 9.35. The summed E-state index contributed by atoms with van der Waals surface area (Å²) in [5, 5.41) is -0.964. The lowest BCUT2D eigenvalue weighted by molar-refractivity contribution is 0.669. The van der Waals surface area contributed by atoms with E-state index in [2.05, 4.69) is 15.0 Å². The van der Waals surface area contributed by atoms with Crippen molar-refractivity contribution in [3.05, 3.63) is 133 Å². The first-order valence-corrected chi connectivity index (χ1v) is 13.8.